The van der Waals surface area contributed by atoms with Crippen molar-refractivity contribution in [2.75, 3.05) is 17.2 Å². The lowest BCUT2D eigenvalue weighted by Gasteiger charge is -2.09. The molecule has 26 heavy (non-hydrogen) atoms. The summed E-state index contributed by atoms with van der Waals surface area (Å²) in [5, 5.41) is 6.61. The van der Waals surface area contributed by atoms with E-state index in [1.807, 2.05) is 31.2 Å². The zero-order valence-corrected chi connectivity index (χ0v) is 15.0. The molecule has 0 aliphatic carbocycles. The van der Waals surface area contributed by atoms with Crippen LogP contribution in [0.5, 0.6) is 5.75 Å². The van der Waals surface area contributed by atoms with E-state index in [9.17, 15) is 4.79 Å². The van der Waals surface area contributed by atoms with E-state index < -0.39 is 0 Å². The van der Waals surface area contributed by atoms with Gasteiger partial charge in [-0.15, -0.1) is 0 Å². The number of rotatable bonds is 6. The number of halogens is 1. The highest BCUT2D eigenvalue weighted by Crippen LogP contribution is 2.20. The van der Waals surface area contributed by atoms with Crippen LogP contribution in [0, 0.1) is 0 Å². The molecule has 0 unspecified atom stereocenters. The number of aromatic nitrogens is 1. The van der Waals surface area contributed by atoms with E-state index in [-0.39, 0.29) is 5.91 Å². The van der Waals surface area contributed by atoms with Crippen molar-refractivity contribution in [1.82, 2.24) is 4.98 Å². The van der Waals surface area contributed by atoms with Crippen molar-refractivity contribution in [1.29, 1.82) is 0 Å². The summed E-state index contributed by atoms with van der Waals surface area (Å²) >= 11 is 5.98. The van der Waals surface area contributed by atoms with Crippen LogP contribution in [-0.2, 0) is 0 Å². The zero-order valence-electron chi connectivity index (χ0n) is 14.2. The fourth-order valence-corrected chi connectivity index (χ4v) is 2.55. The number of hydrogen-bond acceptors (Lipinski definition) is 4. The van der Waals surface area contributed by atoms with E-state index in [1.165, 1.54) is 0 Å². The molecule has 0 fully saturated rings. The molecule has 1 heterocycles. The summed E-state index contributed by atoms with van der Waals surface area (Å²) in [7, 11) is 0. The lowest BCUT2D eigenvalue weighted by atomic mass is 10.2. The maximum Gasteiger partial charge on any atom is 0.255 e. The van der Waals surface area contributed by atoms with E-state index >= 15 is 0 Å². The Morgan fingerprint density at radius 2 is 1.88 bits per heavy atom. The third-order valence-corrected chi connectivity index (χ3v) is 3.78. The summed E-state index contributed by atoms with van der Waals surface area (Å²) in [5.74, 6) is 1.11. The first-order valence-electron chi connectivity index (χ1n) is 8.17. The van der Waals surface area contributed by atoms with Crippen molar-refractivity contribution in [3.63, 3.8) is 0 Å². The molecule has 0 spiro atoms. The van der Waals surface area contributed by atoms with Gasteiger partial charge in [-0.3, -0.25) is 4.79 Å². The largest absolute Gasteiger partial charge is 0.494 e. The molecule has 0 bridgehead atoms. The van der Waals surface area contributed by atoms with Crippen molar-refractivity contribution < 1.29 is 9.53 Å². The summed E-state index contributed by atoms with van der Waals surface area (Å²) in [6.07, 6.45) is 1.58. The van der Waals surface area contributed by atoms with Gasteiger partial charge in [0.15, 0.2) is 0 Å². The van der Waals surface area contributed by atoms with Gasteiger partial charge >= 0.3 is 0 Å². The fourth-order valence-electron chi connectivity index (χ4n) is 2.36. The minimum absolute atomic E-state index is 0.217. The smallest absolute Gasteiger partial charge is 0.255 e. The molecule has 6 heteroatoms. The quantitative estimate of drug-likeness (QED) is 0.634. The normalized spacial score (nSPS) is 10.2. The van der Waals surface area contributed by atoms with Gasteiger partial charge in [0.05, 0.1) is 6.61 Å². The highest BCUT2D eigenvalue weighted by atomic mass is 35.5. The maximum absolute atomic E-state index is 12.5. The summed E-state index contributed by atoms with van der Waals surface area (Å²) in [6.45, 7) is 2.53. The Bertz CT molecular complexity index is 898. The number of nitrogens with one attached hydrogen (secondary N) is 2. The second-order valence-electron chi connectivity index (χ2n) is 5.48. The van der Waals surface area contributed by atoms with Gasteiger partial charge in [-0.05, 0) is 61.5 Å². The second-order valence-corrected chi connectivity index (χ2v) is 5.91. The van der Waals surface area contributed by atoms with Crippen molar-refractivity contribution >= 4 is 34.7 Å². The molecule has 0 aliphatic rings. The Hall–Kier alpha value is -3.05. The van der Waals surface area contributed by atoms with Gasteiger partial charge in [-0.1, -0.05) is 17.7 Å². The number of carbonyl (C=O) groups is 1. The molecule has 3 rings (SSSR count). The van der Waals surface area contributed by atoms with Gasteiger partial charge in [-0.2, -0.15) is 0 Å². The number of benzene rings is 2. The third-order valence-electron chi connectivity index (χ3n) is 3.54. The van der Waals surface area contributed by atoms with Crippen molar-refractivity contribution in [3.05, 3.63) is 77.4 Å². The van der Waals surface area contributed by atoms with E-state index in [4.69, 9.17) is 16.3 Å². The Kier molecular flexibility index (Phi) is 5.71. The molecule has 0 saturated carbocycles. The van der Waals surface area contributed by atoms with E-state index in [2.05, 4.69) is 15.6 Å². The summed E-state index contributed by atoms with van der Waals surface area (Å²) < 4.78 is 5.39. The van der Waals surface area contributed by atoms with E-state index in [0.29, 0.717) is 28.7 Å². The predicted molar refractivity (Wildman–Crippen MR) is 105 cm³/mol. The van der Waals surface area contributed by atoms with Gasteiger partial charge < -0.3 is 15.4 Å². The van der Waals surface area contributed by atoms with Crippen molar-refractivity contribution in [3.8, 4) is 5.75 Å². The van der Waals surface area contributed by atoms with Gasteiger partial charge in [0, 0.05) is 28.2 Å². The first-order chi connectivity index (χ1) is 12.6. The molecule has 0 atom stereocenters. The molecule has 2 aromatic carbocycles. The van der Waals surface area contributed by atoms with Crippen LogP contribution in [0.4, 0.5) is 17.2 Å². The highest BCUT2D eigenvalue weighted by molar-refractivity contribution is 6.30. The second kappa shape index (κ2) is 8.36. The monoisotopic (exact) mass is 367 g/mol. The van der Waals surface area contributed by atoms with Crippen LogP contribution in [0.1, 0.15) is 17.3 Å². The SMILES string of the molecule is CCOc1ccc(NC(=O)c2ccnc(Nc3cccc(Cl)c3)c2)cc1. The molecule has 0 aliphatic heterocycles. The fraction of sp³-hybridized carbons (Fsp3) is 0.100. The third kappa shape index (κ3) is 4.74. The van der Waals surface area contributed by atoms with Gasteiger partial charge in [-0.25, -0.2) is 4.98 Å². The number of amides is 1. The Morgan fingerprint density at radius 1 is 1.08 bits per heavy atom. The van der Waals surface area contributed by atoms with Crippen LogP contribution in [0.15, 0.2) is 66.9 Å². The number of nitrogens with zero attached hydrogens (tertiary/aromatic N) is 1. The number of ether oxygens (including phenoxy) is 1. The molecule has 1 amide bonds. The average Bonchev–Trinajstić information content (AvgIpc) is 2.64. The number of carbonyl (C=O) groups excluding carboxylic acids is 1. The van der Waals surface area contributed by atoms with E-state index in [1.54, 1.807) is 42.6 Å². The maximum atomic E-state index is 12.5. The summed E-state index contributed by atoms with van der Waals surface area (Å²) in [5.41, 5.74) is 1.99. The lowest BCUT2D eigenvalue weighted by Crippen LogP contribution is -2.12. The number of pyridine rings is 1. The molecule has 5 nitrogen and oxygen atoms in total. The minimum Gasteiger partial charge on any atom is -0.494 e. The van der Waals surface area contributed by atoms with Gasteiger partial charge in [0.1, 0.15) is 11.6 Å². The zero-order chi connectivity index (χ0) is 18.4. The molecule has 3 aromatic rings. The van der Waals surface area contributed by atoms with Crippen LogP contribution < -0.4 is 15.4 Å². The van der Waals surface area contributed by atoms with Gasteiger partial charge in [0.2, 0.25) is 0 Å². The first kappa shape index (κ1) is 17.8. The topological polar surface area (TPSA) is 63.2 Å². The first-order valence-corrected chi connectivity index (χ1v) is 8.54. The molecule has 2 N–H and O–H groups in total. The minimum atomic E-state index is -0.217. The van der Waals surface area contributed by atoms with Crippen molar-refractivity contribution in [2.45, 2.75) is 6.92 Å². The van der Waals surface area contributed by atoms with Crippen molar-refractivity contribution in [2.24, 2.45) is 0 Å². The summed E-state index contributed by atoms with van der Waals surface area (Å²) in [6, 6.07) is 17.9. The van der Waals surface area contributed by atoms with E-state index in [0.717, 1.165) is 11.4 Å². The lowest BCUT2D eigenvalue weighted by molar-refractivity contribution is 0.102. The van der Waals surface area contributed by atoms with Crippen LogP contribution in [0.25, 0.3) is 0 Å². The molecule has 1 aromatic heterocycles. The molecule has 132 valence electrons. The standard InChI is InChI=1S/C20H18ClN3O2/c1-2-26-18-8-6-16(7-9-18)24-20(25)14-10-11-22-19(12-14)23-17-5-3-4-15(21)13-17/h3-13H,2H2,1H3,(H,22,23)(H,24,25). The molecule has 0 saturated heterocycles. The number of anilines is 3. The van der Waals surface area contributed by atoms with Crippen LogP contribution in [-0.4, -0.2) is 17.5 Å². The van der Waals surface area contributed by atoms with Gasteiger partial charge in [0.25, 0.3) is 5.91 Å². The molecular formula is C20H18ClN3O2. The Labute approximate surface area is 157 Å². The Morgan fingerprint density at radius 3 is 2.62 bits per heavy atom. The molecular weight excluding hydrogens is 350 g/mol. The summed E-state index contributed by atoms with van der Waals surface area (Å²) in [4.78, 5) is 16.7. The Balaban J connectivity index is 1.69. The molecule has 0 radical (unpaired) electrons. The van der Waals surface area contributed by atoms with Crippen LogP contribution in [0.2, 0.25) is 5.02 Å². The van der Waals surface area contributed by atoms with Crippen LogP contribution >= 0.6 is 11.6 Å². The number of hydrogen-bond donors (Lipinski definition) is 2. The van der Waals surface area contributed by atoms with Crippen LogP contribution in [0.3, 0.4) is 0 Å². The highest BCUT2D eigenvalue weighted by Gasteiger charge is 2.08. The average molecular weight is 368 g/mol. The predicted octanol–water partition coefficient (Wildman–Crippen LogP) is 5.13.